The van der Waals surface area contributed by atoms with Crippen molar-refractivity contribution in [1.29, 1.82) is 5.26 Å². The average molecular weight is 328 g/mol. The molecule has 5 heteroatoms. The Hall–Kier alpha value is -1.90. The fourth-order valence-corrected chi connectivity index (χ4v) is 4.51. The minimum absolute atomic E-state index is 0.179. The third-order valence-corrected chi connectivity index (χ3v) is 5.76. The molecule has 3 rings (SSSR count). The Labute approximate surface area is 137 Å². The molecule has 3 nitrogen and oxygen atoms in total. The smallest absolute Gasteiger partial charge is 0.249 e. The molecule has 0 unspecified atom stereocenters. The van der Waals surface area contributed by atoms with E-state index in [1.54, 1.807) is 28.7 Å². The summed E-state index contributed by atoms with van der Waals surface area (Å²) in [5.41, 5.74) is 1.82. The van der Waals surface area contributed by atoms with Crippen molar-refractivity contribution in [2.45, 2.75) is 32.1 Å². The van der Waals surface area contributed by atoms with Gasteiger partial charge in [-0.2, -0.15) is 5.26 Å². The molecule has 0 saturated heterocycles. The van der Waals surface area contributed by atoms with E-state index in [1.165, 1.54) is 23.8 Å². The van der Waals surface area contributed by atoms with E-state index in [-0.39, 0.29) is 5.91 Å². The zero-order chi connectivity index (χ0) is 15.4. The summed E-state index contributed by atoms with van der Waals surface area (Å²) in [6, 6.07) is 6.19. The lowest BCUT2D eigenvalue weighted by Gasteiger charge is -2.00. The van der Waals surface area contributed by atoms with Crippen LogP contribution < -0.4 is 5.32 Å². The summed E-state index contributed by atoms with van der Waals surface area (Å²) < 4.78 is 0. The van der Waals surface area contributed by atoms with Gasteiger partial charge in [0.2, 0.25) is 5.91 Å². The number of anilines is 1. The van der Waals surface area contributed by atoms with Crippen LogP contribution in [0.15, 0.2) is 23.6 Å². The van der Waals surface area contributed by atoms with Gasteiger partial charge in [0.05, 0.1) is 5.56 Å². The highest BCUT2D eigenvalue weighted by Gasteiger charge is 2.20. The van der Waals surface area contributed by atoms with Crippen molar-refractivity contribution in [1.82, 2.24) is 0 Å². The predicted molar refractivity (Wildman–Crippen MR) is 92.3 cm³/mol. The number of rotatable bonds is 3. The van der Waals surface area contributed by atoms with E-state index in [9.17, 15) is 10.1 Å². The highest BCUT2D eigenvalue weighted by atomic mass is 32.1. The van der Waals surface area contributed by atoms with Crippen LogP contribution in [0.1, 0.15) is 40.1 Å². The zero-order valence-corrected chi connectivity index (χ0v) is 13.7. The van der Waals surface area contributed by atoms with Crippen LogP contribution in [0.5, 0.6) is 0 Å². The summed E-state index contributed by atoms with van der Waals surface area (Å²) in [4.78, 5) is 14.4. The van der Waals surface area contributed by atoms with E-state index in [0.29, 0.717) is 10.6 Å². The van der Waals surface area contributed by atoms with Gasteiger partial charge in [-0.1, -0.05) is 12.5 Å². The molecule has 22 heavy (non-hydrogen) atoms. The molecule has 0 saturated carbocycles. The maximum Gasteiger partial charge on any atom is 0.249 e. The van der Waals surface area contributed by atoms with Gasteiger partial charge in [-0.15, -0.1) is 22.7 Å². The number of hydrogen-bond donors (Lipinski definition) is 1. The summed E-state index contributed by atoms with van der Waals surface area (Å²) >= 11 is 3.15. The minimum Gasteiger partial charge on any atom is -0.313 e. The Morgan fingerprint density at radius 2 is 2.18 bits per heavy atom. The van der Waals surface area contributed by atoms with Gasteiger partial charge in [0, 0.05) is 15.8 Å². The Morgan fingerprint density at radius 1 is 1.32 bits per heavy atom. The van der Waals surface area contributed by atoms with Crippen molar-refractivity contribution < 1.29 is 4.79 Å². The summed E-state index contributed by atoms with van der Waals surface area (Å²) in [6.07, 6.45) is 8.82. The van der Waals surface area contributed by atoms with Crippen molar-refractivity contribution in [2.75, 3.05) is 5.32 Å². The van der Waals surface area contributed by atoms with Crippen LogP contribution >= 0.6 is 22.7 Å². The molecule has 1 aliphatic rings. The standard InChI is InChI=1S/C17H16N2OS2/c18-11-14-13-6-2-1-3-7-15(13)22-17(14)19-16(20)9-8-12-5-4-10-21-12/h4-5,8-10H,1-3,6-7H2,(H,19,20)/b9-8+. The van der Waals surface area contributed by atoms with Gasteiger partial charge >= 0.3 is 0 Å². The molecule has 0 bridgehead atoms. The highest BCUT2D eigenvalue weighted by molar-refractivity contribution is 7.16. The maximum absolute atomic E-state index is 12.1. The Kier molecular flexibility index (Phi) is 4.71. The average Bonchev–Trinajstić information content (AvgIpc) is 3.08. The number of carbonyl (C=O) groups is 1. The third-order valence-electron chi connectivity index (χ3n) is 3.71. The molecule has 2 aromatic heterocycles. The van der Waals surface area contributed by atoms with Gasteiger partial charge in [0.1, 0.15) is 11.1 Å². The van der Waals surface area contributed by atoms with Crippen molar-refractivity contribution in [3.63, 3.8) is 0 Å². The van der Waals surface area contributed by atoms with Crippen molar-refractivity contribution in [3.8, 4) is 6.07 Å². The van der Waals surface area contributed by atoms with Crippen LogP contribution in [0.2, 0.25) is 0 Å². The van der Waals surface area contributed by atoms with E-state index in [4.69, 9.17) is 0 Å². The monoisotopic (exact) mass is 328 g/mol. The van der Waals surface area contributed by atoms with E-state index < -0.39 is 0 Å². The molecule has 2 heterocycles. The second-order valence-electron chi connectivity index (χ2n) is 5.22. The first kappa shape index (κ1) is 15.0. The molecule has 0 aromatic carbocycles. The summed E-state index contributed by atoms with van der Waals surface area (Å²) in [7, 11) is 0. The summed E-state index contributed by atoms with van der Waals surface area (Å²) in [5.74, 6) is -0.179. The van der Waals surface area contributed by atoms with Gasteiger partial charge in [-0.3, -0.25) is 4.79 Å². The number of nitrogens with zero attached hydrogens (tertiary/aromatic N) is 1. The Bertz CT molecular complexity index is 736. The Balaban J connectivity index is 1.77. The lowest BCUT2D eigenvalue weighted by molar-refractivity contribution is -0.111. The number of amides is 1. The number of thiophene rings is 2. The second-order valence-corrected chi connectivity index (χ2v) is 7.30. The van der Waals surface area contributed by atoms with Crippen molar-refractivity contribution in [3.05, 3.63) is 44.5 Å². The molecule has 0 aliphatic heterocycles. The number of fused-ring (bicyclic) bond motifs is 1. The van der Waals surface area contributed by atoms with Gasteiger partial charge in [-0.25, -0.2) is 0 Å². The number of aryl methyl sites for hydroxylation is 1. The minimum atomic E-state index is -0.179. The van der Waals surface area contributed by atoms with E-state index in [1.807, 2.05) is 17.5 Å². The lowest BCUT2D eigenvalue weighted by Crippen LogP contribution is -2.07. The van der Waals surface area contributed by atoms with Crippen molar-refractivity contribution >= 4 is 39.7 Å². The molecule has 1 aliphatic carbocycles. The summed E-state index contributed by atoms with van der Waals surface area (Å²) in [6.45, 7) is 0. The Morgan fingerprint density at radius 3 is 2.95 bits per heavy atom. The van der Waals surface area contributed by atoms with Crippen LogP contribution in [0.3, 0.4) is 0 Å². The molecule has 1 N–H and O–H groups in total. The molecular formula is C17H16N2OS2. The van der Waals surface area contributed by atoms with Crippen LogP contribution in [0, 0.1) is 11.3 Å². The predicted octanol–water partition coefficient (Wildman–Crippen LogP) is 4.60. The van der Waals surface area contributed by atoms with E-state index in [0.717, 1.165) is 29.7 Å². The lowest BCUT2D eigenvalue weighted by atomic mass is 10.1. The SMILES string of the molecule is N#Cc1c(NC(=O)/C=C/c2cccs2)sc2c1CCCCC2. The first-order chi connectivity index (χ1) is 10.8. The molecule has 0 radical (unpaired) electrons. The largest absolute Gasteiger partial charge is 0.313 e. The molecule has 0 spiro atoms. The van der Waals surface area contributed by atoms with Crippen molar-refractivity contribution in [2.24, 2.45) is 0 Å². The molecule has 0 atom stereocenters. The van der Waals surface area contributed by atoms with Gasteiger partial charge in [0.25, 0.3) is 0 Å². The zero-order valence-electron chi connectivity index (χ0n) is 12.1. The van der Waals surface area contributed by atoms with E-state index >= 15 is 0 Å². The van der Waals surface area contributed by atoms with Crippen LogP contribution in [-0.4, -0.2) is 5.91 Å². The first-order valence-electron chi connectivity index (χ1n) is 7.35. The fraction of sp³-hybridized carbons (Fsp3) is 0.294. The molecule has 0 fully saturated rings. The molecule has 2 aromatic rings. The second kappa shape index (κ2) is 6.91. The summed E-state index contributed by atoms with van der Waals surface area (Å²) in [5, 5.41) is 15.0. The first-order valence-corrected chi connectivity index (χ1v) is 9.05. The fourth-order valence-electron chi connectivity index (χ4n) is 2.65. The molecule has 1 amide bonds. The maximum atomic E-state index is 12.1. The molecular weight excluding hydrogens is 312 g/mol. The molecule has 112 valence electrons. The number of hydrogen-bond acceptors (Lipinski definition) is 4. The normalized spacial score (nSPS) is 14.3. The van der Waals surface area contributed by atoms with Crippen LogP contribution in [-0.2, 0) is 17.6 Å². The van der Waals surface area contributed by atoms with Gasteiger partial charge in [0.15, 0.2) is 0 Å². The third kappa shape index (κ3) is 3.29. The highest BCUT2D eigenvalue weighted by Crippen LogP contribution is 2.36. The van der Waals surface area contributed by atoms with Crippen LogP contribution in [0.25, 0.3) is 6.08 Å². The van der Waals surface area contributed by atoms with Gasteiger partial charge < -0.3 is 5.32 Å². The van der Waals surface area contributed by atoms with Gasteiger partial charge in [-0.05, 0) is 48.8 Å². The number of carbonyl (C=O) groups excluding carboxylic acids is 1. The number of nitriles is 1. The topological polar surface area (TPSA) is 52.9 Å². The van der Waals surface area contributed by atoms with E-state index in [2.05, 4.69) is 11.4 Å². The quantitative estimate of drug-likeness (QED) is 0.661. The number of nitrogens with one attached hydrogen (secondary N) is 1. The van der Waals surface area contributed by atoms with Crippen LogP contribution in [0.4, 0.5) is 5.00 Å².